The zero-order chi connectivity index (χ0) is 15.1. The smallest absolute Gasteiger partial charge is 0.408 e. The zero-order valence-corrected chi connectivity index (χ0v) is 12.6. The molecule has 1 heterocycles. The SMILES string of the molecule is Cn1c(=O)oc2cc(C(O)c3c(F)cccc3Br)ccc21. The molecule has 0 amide bonds. The second-order valence-corrected chi connectivity index (χ2v) is 5.55. The Morgan fingerprint density at radius 2 is 2.10 bits per heavy atom. The Morgan fingerprint density at radius 1 is 1.33 bits per heavy atom. The first kappa shape index (κ1) is 14.0. The molecule has 0 aliphatic rings. The second-order valence-electron chi connectivity index (χ2n) is 4.69. The molecular weight excluding hydrogens is 341 g/mol. The van der Waals surface area contributed by atoms with Gasteiger partial charge in [0, 0.05) is 17.1 Å². The van der Waals surface area contributed by atoms with Gasteiger partial charge in [-0.15, -0.1) is 0 Å². The highest BCUT2D eigenvalue weighted by Crippen LogP contribution is 2.31. The maximum atomic E-state index is 13.9. The highest BCUT2D eigenvalue weighted by atomic mass is 79.9. The molecule has 6 heteroatoms. The van der Waals surface area contributed by atoms with Crippen LogP contribution in [0.25, 0.3) is 11.1 Å². The Morgan fingerprint density at radius 3 is 2.81 bits per heavy atom. The summed E-state index contributed by atoms with van der Waals surface area (Å²) in [5.41, 5.74) is 1.56. The van der Waals surface area contributed by atoms with Crippen molar-refractivity contribution in [1.29, 1.82) is 0 Å². The van der Waals surface area contributed by atoms with Crippen molar-refractivity contribution in [2.75, 3.05) is 0 Å². The van der Waals surface area contributed by atoms with Crippen LogP contribution in [-0.2, 0) is 7.05 Å². The molecule has 0 aliphatic heterocycles. The van der Waals surface area contributed by atoms with E-state index in [1.54, 1.807) is 37.4 Å². The standard InChI is InChI=1S/C15H11BrFNO3/c1-18-11-6-5-8(7-12(11)21-15(18)20)14(19)13-9(16)3-2-4-10(13)17/h2-7,14,19H,1H3. The van der Waals surface area contributed by atoms with Crippen molar-refractivity contribution in [3.8, 4) is 0 Å². The van der Waals surface area contributed by atoms with Gasteiger partial charge in [0.05, 0.1) is 5.52 Å². The maximum Gasteiger partial charge on any atom is 0.419 e. The minimum Gasteiger partial charge on any atom is -0.408 e. The van der Waals surface area contributed by atoms with Crippen molar-refractivity contribution < 1.29 is 13.9 Å². The minimum atomic E-state index is -1.16. The van der Waals surface area contributed by atoms with Crippen LogP contribution in [0.15, 0.2) is 50.1 Å². The van der Waals surface area contributed by atoms with Gasteiger partial charge in [0.1, 0.15) is 11.9 Å². The van der Waals surface area contributed by atoms with Crippen LogP contribution in [0.3, 0.4) is 0 Å². The highest BCUT2D eigenvalue weighted by molar-refractivity contribution is 9.10. The maximum absolute atomic E-state index is 13.9. The van der Waals surface area contributed by atoms with E-state index in [0.717, 1.165) is 0 Å². The summed E-state index contributed by atoms with van der Waals surface area (Å²) in [5.74, 6) is -0.991. The number of fused-ring (bicyclic) bond motifs is 1. The summed E-state index contributed by atoms with van der Waals surface area (Å²) in [5, 5.41) is 10.4. The average molecular weight is 352 g/mol. The number of rotatable bonds is 2. The molecule has 21 heavy (non-hydrogen) atoms. The van der Waals surface area contributed by atoms with E-state index in [1.165, 1.54) is 10.6 Å². The number of hydrogen-bond acceptors (Lipinski definition) is 3. The van der Waals surface area contributed by atoms with Crippen LogP contribution in [0, 0.1) is 5.82 Å². The fraction of sp³-hybridized carbons (Fsp3) is 0.133. The lowest BCUT2D eigenvalue weighted by molar-refractivity contribution is 0.214. The number of aliphatic hydroxyl groups excluding tert-OH is 1. The van der Waals surface area contributed by atoms with Crippen molar-refractivity contribution >= 4 is 27.0 Å². The predicted molar refractivity (Wildman–Crippen MR) is 79.6 cm³/mol. The fourth-order valence-corrected chi connectivity index (χ4v) is 2.82. The van der Waals surface area contributed by atoms with Crippen molar-refractivity contribution in [2.24, 2.45) is 7.05 Å². The van der Waals surface area contributed by atoms with E-state index in [0.29, 0.717) is 21.1 Å². The van der Waals surface area contributed by atoms with Gasteiger partial charge in [0.15, 0.2) is 5.58 Å². The number of aryl methyl sites for hydroxylation is 1. The van der Waals surface area contributed by atoms with Gasteiger partial charge >= 0.3 is 5.76 Å². The molecule has 1 atom stereocenters. The summed E-state index contributed by atoms with van der Waals surface area (Å²) in [6.45, 7) is 0. The van der Waals surface area contributed by atoms with E-state index in [4.69, 9.17) is 4.42 Å². The van der Waals surface area contributed by atoms with Crippen molar-refractivity contribution in [3.05, 3.63) is 68.4 Å². The topological polar surface area (TPSA) is 55.4 Å². The highest BCUT2D eigenvalue weighted by Gasteiger charge is 2.19. The molecule has 3 rings (SSSR count). The number of oxazole rings is 1. The fourth-order valence-electron chi connectivity index (χ4n) is 2.26. The van der Waals surface area contributed by atoms with Gasteiger partial charge in [-0.25, -0.2) is 9.18 Å². The Hall–Kier alpha value is -1.92. The lowest BCUT2D eigenvalue weighted by atomic mass is 10.0. The Balaban J connectivity index is 2.14. The summed E-state index contributed by atoms with van der Waals surface area (Å²) in [6, 6.07) is 9.33. The van der Waals surface area contributed by atoms with Gasteiger partial charge in [-0.3, -0.25) is 4.57 Å². The van der Waals surface area contributed by atoms with E-state index in [2.05, 4.69) is 15.9 Å². The molecule has 0 saturated carbocycles. The molecule has 1 N–H and O–H groups in total. The van der Waals surface area contributed by atoms with Crippen LogP contribution in [0.4, 0.5) is 4.39 Å². The summed E-state index contributed by atoms with van der Waals surface area (Å²) >= 11 is 3.23. The number of aliphatic hydroxyl groups is 1. The molecule has 0 fully saturated rings. The molecule has 108 valence electrons. The van der Waals surface area contributed by atoms with Crippen molar-refractivity contribution in [2.45, 2.75) is 6.10 Å². The van der Waals surface area contributed by atoms with Gasteiger partial charge in [-0.1, -0.05) is 28.1 Å². The number of halogens is 2. The van der Waals surface area contributed by atoms with Crippen molar-refractivity contribution in [3.63, 3.8) is 0 Å². The Labute approximate surface area is 127 Å². The van der Waals surface area contributed by atoms with Gasteiger partial charge in [-0.05, 0) is 29.8 Å². The van der Waals surface area contributed by atoms with Crippen LogP contribution in [0.1, 0.15) is 17.2 Å². The van der Waals surface area contributed by atoms with Crippen LogP contribution in [0.2, 0.25) is 0 Å². The third-order valence-electron chi connectivity index (χ3n) is 3.41. The minimum absolute atomic E-state index is 0.148. The van der Waals surface area contributed by atoms with E-state index < -0.39 is 17.7 Å². The molecule has 0 radical (unpaired) electrons. The summed E-state index contributed by atoms with van der Waals surface area (Å²) in [6.07, 6.45) is -1.16. The molecule has 1 aromatic heterocycles. The lowest BCUT2D eigenvalue weighted by Gasteiger charge is -2.14. The molecular formula is C15H11BrFNO3. The van der Waals surface area contributed by atoms with E-state index in [9.17, 15) is 14.3 Å². The van der Waals surface area contributed by atoms with E-state index in [-0.39, 0.29) is 5.56 Å². The summed E-state index contributed by atoms with van der Waals surface area (Å²) in [7, 11) is 1.59. The normalized spacial score (nSPS) is 12.8. The molecule has 0 spiro atoms. The van der Waals surface area contributed by atoms with Crippen LogP contribution >= 0.6 is 15.9 Å². The van der Waals surface area contributed by atoms with Gasteiger partial charge in [0.25, 0.3) is 0 Å². The van der Waals surface area contributed by atoms with Gasteiger partial charge in [-0.2, -0.15) is 0 Å². The Bertz CT molecular complexity index is 864. The molecule has 0 bridgehead atoms. The van der Waals surface area contributed by atoms with Crippen LogP contribution in [-0.4, -0.2) is 9.67 Å². The largest absolute Gasteiger partial charge is 0.419 e. The first-order chi connectivity index (χ1) is 9.99. The third-order valence-corrected chi connectivity index (χ3v) is 4.10. The number of nitrogens with zero attached hydrogens (tertiary/aromatic N) is 1. The third kappa shape index (κ3) is 2.30. The quantitative estimate of drug-likeness (QED) is 0.771. The van der Waals surface area contributed by atoms with E-state index >= 15 is 0 Å². The van der Waals surface area contributed by atoms with Crippen LogP contribution in [0.5, 0.6) is 0 Å². The first-order valence-electron chi connectivity index (χ1n) is 6.20. The monoisotopic (exact) mass is 351 g/mol. The summed E-state index contributed by atoms with van der Waals surface area (Å²) in [4.78, 5) is 11.5. The predicted octanol–water partition coefficient (Wildman–Crippen LogP) is 3.11. The van der Waals surface area contributed by atoms with Crippen LogP contribution < -0.4 is 5.76 Å². The molecule has 1 unspecified atom stereocenters. The zero-order valence-electron chi connectivity index (χ0n) is 11.0. The Kier molecular flexibility index (Phi) is 3.43. The number of aromatic nitrogens is 1. The molecule has 2 aromatic carbocycles. The van der Waals surface area contributed by atoms with Crippen molar-refractivity contribution in [1.82, 2.24) is 4.57 Å². The number of hydrogen-bond donors (Lipinski definition) is 1. The molecule has 3 aromatic rings. The first-order valence-corrected chi connectivity index (χ1v) is 7.00. The molecule has 0 aliphatic carbocycles. The van der Waals surface area contributed by atoms with Gasteiger partial charge < -0.3 is 9.52 Å². The molecule has 4 nitrogen and oxygen atoms in total. The average Bonchev–Trinajstić information content (AvgIpc) is 2.73. The lowest BCUT2D eigenvalue weighted by Crippen LogP contribution is -2.08. The second kappa shape index (κ2) is 5.13. The van der Waals surface area contributed by atoms with E-state index in [1.807, 2.05) is 0 Å². The molecule has 0 saturated heterocycles. The van der Waals surface area contributed by atoms with Gasteiger partial charge in [0.2, 0.25) is 0 Å². The summed E-state index contributed by atoms with van der Waals surface area (Å²) < 4.78 is 20.8. The number of benzene rings is 2.